The maximum absolute atomic E-state index is 8.67. The van der Waals surface area contributed by atoms with Crippen molar-refractivity contribution in [1.82, 2.24) is 5.32 Å². The number of hydrogen-bond donors (Lipinski definition) is 2. The predicted molar refractivity (Wildman–Crippen MR) is 69.7 cm³/mol. The van der Waals surface area contributed by atoms with Crippen molar-refractivity contribution in [1.29, 1.82) is 0 Å². The molecule has 1 fully saturated rings. The highest BCUT2D eigenvalue weighted by molar-refractivity contribution is 5.27. The lowest BCUT2D eigenvalue weighted by Gasteiger charge is -2.11. The molecule has 1 aromatic rings. The molecule has 1 aromatic carbocycles. The van der Waals surface area contributed by atoms with E-state index in [1.165, 1.54) is 5.56 Å². The third-order valence-electron chi connectivity index (χ3n) is 3.00. The second-order valence-electron chi connectivity index (χ2n) is 4.49. The Morgan fingerprint density at radius 3 is 2.83 bits per heavy atom. The largest absolute Gasteiger partial charge is 0.491 e. The Kier molecular flexibility index (Phi) is 5.45. The molecule has 1 unspecified atom stereocenters. The van der Waals surface area contributed by atoms with Crippen molar-refractivity contribution in [3.8, 4) is 5.75 Å². The minimum atomic E-state index is 0.169. The number of ether oxygens (including phenoxy) is 2. The molecule has 0 radical (unpaired) electrons. The topological polar surface area (TPSA) is 50.7 Å². The van der Waals surface area contributed by atoms with Gasteiger partial charge in [0.1, 0.15) is 12.4 Å². The lowest BCUT2D eigenvalue weighted by atomic mass is 10.2. The lowest BCUT2D eigenvalue weighted by Crippen LogP contribution is -2.17. The number of benzene rings is 1. The van der Waals surface area contributed by atoms with Crippen molar-refractivity contribution < 1.29 is 14.6 Å². The number of aliphatic hydroxyl groups excluding tert-OH is 1. The quantitative estimate of drug-likeness (QED) is 0.718. The zero-order valence-corrected chi connectivity index (χ0v) is 10.6. The Hall–Kier alpha value is -1.10. The second kappa shape index (κ2) is 7.36. The highest BCUT2D eigenvalue weighted by Gasteiger charge is 2.15. The molecule has 100 valence electrons. The first kappa shape index (κ1) is 13.3. The molecule has 0 bridgehead atoms. The van der Waals surface area contributed by atoms with E-state index in [9.17, 15) is 0 Å². The summed E-state index contributed by atoms with van der Waals surface area (Å²) in [6, 6.07) is 8.03. The second-order valence-corrected chi connectivity index (χ2v) is 4.49. The highest BCUT2D eigenvalue weighted by Crippen LogP contribution is 2.16. The zero-order chi connectivity index (χ0) is 12.6. The van der Waals surface area contributed by atoms with Gasteiger partial charge >= 0.3 is 0 Å². The maximum Gasteiger partial charge on any atom is 0.119 e. The molecule has 1 heterocycles. The molecule has 1 aliphatic rings. The lowest BCUT2D eigenvalue weighted by molar-refractivity contribution is 0.0679. The van der Waals surface area contributed by atoms with E-state index in [0.29, 0.717) is 13.2 Å². The van der Waals surface area contributed by atoms with Crippen molar-refractivity contribution in [3.63, 3.8) is 0 Å². The third-order valence-corrected chi connectivity index (χ3v) is 3.00. The van der Waals surface area contributed by atoms with Crippen LogP contribution in [0, 0.1) is 0 Å². The molecule has 18 heavy (non-hydrogen) atoms. The van der Waals surface area contributed by atoms with Crippen LogP contribution in [0.15, 0.2) is 24.3 Å². The van der Waals surface area contributed by atoms with Crippen molar-refractivity contribution >= 4 is 0 Å². The van der Waals surface area contributed by atoms with Gasteiger partial charge in [-0.3, -0.25) is 0 Å². The standard InChI is InChI=1S/C14H21NO3/c16-8-7-15-10-12-3-5-13(6-4-12)18-11-14-2-1-9-17-14/h3-6,14-16H,1-2,7-11H2. The van der Waals surface area contributed by atoms with Crippen LogP contribution in [0.4, 0.5) is 0 Å². The Labute approximate surface area is 108 Å². The summed E-state index contributed by atoms with van der Waals surface area (Å²) in [5, 5.41) is 11.8. The van der Waals surface area contributed by atoms with Crippen LogP contribution in [-0.2, 0) is 11.3 Å². The van der Waals surface area contributed by atoms with Crippen LogP contribution in [0.5, 0.6) is 5.75 Å². The zero-order valence-electron chi connectivity index (χ0n) is 10.6. The van der Waals surface area contributed by atoms with Gasteiger partial charge < -0.3 is 19.9 Å². The van der Waals surface area contributed by atoms with Crippen LogP contribution in [0.1, 0.15) is 18.4 Å². The minimum absolute atomic E-state index is 0.169. The van der Waals surface area contributed by atoms with E-state index in [1.807, 2.05) is 24.3 Å². The average molecular weight is 251 g/mol. The fraction of sp³-hybridized carbons (Fsp3) is 0.571. The van der Waals surface area contributed by atoms with Gasteiger partial charge in [0.2, 0.25) is 0 Å². The van der Waals surface area contributed by atoms with Crippen molar-refractivity contribution in [2.75, 3.05) is 26.4 Å². The van der Waals surface area contributed by atoms with Gasteiger partial charge in [0, 0.05) is 19.7 Å². The van der Waals surface area contributed by atoms with Gasteiger partial charge in [0.25, 0.3) is 0 Å². The van der Waals surface area contributed by atoms with E-state index >= 15 is 0 Å². The molecular weight excluding hydrogens is 230 g/mol. The monoisotopic (exact) mass is 251 g/mol. The Morgan fingerprint density at radius 2 is 2.17 bits per heavy atom. The van der Waals surface area contributed by atoms with E-state index in [0.717, 1.165) is 31.7 Å². The van der Waals surface area contributed by atoms with E-state index in [-0.39, 0.29) is 12.7 Å². The number of hydrogen-bond acceptors (Lipinski definition) is 4. The molecular formula is C14H21NO3. The normalized spacial score (nSPS) is 19.1. The fourth-order valence-electron chi connectivity index (χ4n) is 1.98. The summed E-state index contributed by atoms with van der Waals surface area (Å²) in [5.74, 6) is 0.886. The Morgan fingerprint density at radius 1 is 1.33 bits per heavy atom. The molecule has 2 rings (SSSR count). The van der Waals surface area contributed by atoms with E-state index < -0.39 is 0 Å². The van der Waals surface area contributed by atoms with E-state index in [1.54, 1.807) is 0 Å². The molecule has 1 saturated heterocycles. The maximum atomic E-state index is 8.67. The molecule has 1 atom stereocenters. The summed E-state index contributed by atoms with van der Waals surface area (Å²) in [5.41, 5.74) is 1.19. The third kappa shape index (κ3) is 4.29. The van der Waals surface area contributed by atoms with Gasteiger partial charge in [-0.15, -0.1) is 0 Å². The van der Waals surface area contributed by atoms with Crippen LogP contribution in [0.25, 0.3) is 0 Å². The van der Waals surface area contributed by atoms with Gasteiger partial charge in [0.05, 0.1) is 12.7 Å². The summed E-state index contributed by atoms with van der Waals surface area (Å²) >= 11 is 0. The molecule has 4 nitrogen and oxygen atoms in total. The fourth-order valence-corrected chi connectivity index (χ4v) is 1.98. The molecule has 2 N–H and O–H groups in total. The summed E-state index contributed by atoms with van der Waals surface area (Å²) in [4.78, 5) is 0. The number of nitrogens with one attached hydrogen (secondary N) is 1. The number of aliphatic hydroxyl groups is 1. The summed E-state index contributed by atoms with van der Waals surface area (Å²) in [6.07, 6.45) is 2.50. The molecule has 0 saturated carbocycles. The van der Waals surface area contributed by atoms with Crippen molar-refractivity contribution in [3.05, 3.63) is 29.8 Å². The van der Waals surface area contributed by atoms with Gasteiger partial charge in [-0.25, -0.2) is 0 Å². The van der Waals surface area contributed by atoms with Crippen LogP contribution in [-0.4, -0.2) is 37.6 Å². The summed E-state index contributed by atoms with van der Waals surface area (Å²) < 4.78 is 11.2. The van der Waals surface area contributed by atoms with E-state index in [4.69, 9.17) is 14.6 Å². The Balaban J connectivity index is 1.72. The predicted octanol–water partition coefficient (Wildman–Crippen LogP) is 1.33. The van der Waals surface area contributed by atoms with Crippen LogP contribution in [0.2, 0.25) is 0 Å². The molecule has 0 spiro atoms. The number of rotatable bonds is 7. The Bertz CT molecular complexity index is 333. The first-order chi connectivity index (χ1) is 8.88. The molecule has 0 aliphatic carbocycles. The average Bonchev–Trinajstić information content (AvgIpc) is 2.91. The van der Waals surface area contributed by atoms with Crippen molar-refractivity contribution in [2.24, 2.45) is 0 Å². The summed E-state index contributed by atoms with van der Waals surface area (Å²) in [6.45, 7) is 3.07. The molecule has 0 aromatic heterocycles. The molecule has 4 heteroatoms. The van der Waals surface area contributed by atoms with Gasteiger partial charge in [0.15, 0.2) is 0 Å². The van der Waals surface area contributed by atoms with Gasteiger partial charge in [-0.05, 0) is 30.5 Å². The smallest absolute Gasteiger partial charge is 0.119 e. The molecule has 0 amide bonds. The highest BCUT2D eigenvalue weighted by atomic mass is 16.5. The summed E-state index contributed by atoms with van der Waals surface area (Å²) in [7, 11) is 0. The van der Waals surface area contributed by atoms with Crippen LogP contribution >= 0.6 is 0 Å². The van der Waals surface area contributed by atoms with Crippen LogP contribution in [0.3, 0.4) is 0 Å². The van der Waals surface area contributed by atoms with Gasteiger partial charge in [-0.2, -0.15) is 0 Å². The minimum Gasteiger partial charge on any atom is -0.491 e. The van der Waals surface area contributed by atoms with Crippen molar-refractivity contribution in [2.45, 2.75) is 25.5 Å². The van der Waals surface area contributed by atoms with E-state index in [2.05, 4.69) is 5.32 Å². The SMILES string of the molecule is OCCNCc1ccc(OCC2CCCO2)cc1. The first-order valence-corrected chi connectivity index (χ1v) is 6.53. The first-order valence-electron chi connectivity index (χ1n) is 6.53. The molecule has 1 aliphatic heterocycles. The van der Waals surface area contributed by atoms with Gasteiger partial charge in [-0.1, -0.05) is 12.1 Å². The van der Waals surface area contributed by atoms with Crippen LogP contribution < -0.4 is 10.1 Å².